The van der Waals surface area contributed by atoms with Gasteiger partial charge in [0.1, 0.15) is 12.4 Å². The van der Waals surface area contributed by atoms with Gasteiger partial charge in [-0.2, -0.15) is 0 Å². The minimum Gasteiger partial charge on any atom is -0.385 e. The van der Waals surface area contributed by atoms with Gasteiger partial charge < -0.3 is 9.90 Å². The summed E-state index contributed by atoms with van der Waals surface area (Å²) < 4.78 is 0. The highest BCUT2D eigenvalue weighted by Crippen LogP contribution is 2.09. The van der Waals surface area contributed by atoms with Gasteiger partial charge in [0.05, 0.1) is 5.01 Å². The number of carbonyl (C=O) groups excluding carboxylic acids is 1. The van der Waals surface area contributed by atoms with E-state index >= 15 is 0 Å². The van der Waals surface area contributed by atoms with E-state index in [-0.39, 0.29) is 0 Å². The predicted octanol–water partition coefficient (Wildman–Crippen LogP) is 0.554. The lowest BCUT2D eigenvalue weighted by molar-refractivity contribution is -0.114. The summed E-state index contributed by atoms with van der Waals surface area (Å²) >= 11 is 1.46. The van der Waals surface area contributed by atoms with Crippen LogP contribution in [0.15, 0.2) is 5.38 Å². The zero-order valence-electron chi connectivity index (χ0n) is 6.15. The average Bonchev–Trinajstić information content (AvgIpc) is 2.35. The summed E-state index contributed by atoms with van der Waals surface area (Å²) in [4.78, 5) is 14.1. The number of aromatic nitrogens is 1. The number of carbonyl (C=O) groups is 1. The highest BCUT2D eigenvalue weighted by molar-refractivity contribution is 7.09. The molecule has 0 saturated heterocycles. The van der Waals surface area contributed by atoms with Crippen molar-refractivity contribution in [2.75, 3.05) is 0 Å². The molecule has 1 aromatic heterocycles. The number of aliphatic hydroxyl groups excluding tert-OH is 1. The molecule has 11 heavy (non-hydrogen) atoms. The van der Waals surface area contributed by atoms with Gasteiger partial charge in [-0.15, -0.1) is 11.3 Å². The summed E-state index contributed by atoms with van der Waals surface area (Å²) in [6.45, 7) is 1.88. The number of nitrogens with zero attached hydrogens (tertiary/aromatic N) is 1. The van der Waals surface area contributed by atoms with E-state index < -0.39 is 6.10 Å². The molecule has 0 aromatic carbocycles. The van der Waals surface area contributed by atoms with E-state index in [0.29, 0.717) is 12.7 Å². The molecule has 1 heterocycles. The number of thiazole rings is 1. The summed E-state index contributed by atoms with van der Waals surface area (Å²) in [5.74, 6) is 0. The minimum absolute atomic E-state index is 0.335. The number of aldehydes is 1. The van der Waals surface area contributed by atoms with Gasteiger partial charge in [-0.3, -0.25) is 0 Å². The second-order valence-electron chi connectivity index (χ2n) is 2.29. The van der Waals surface area contributed by atoms with Crippen molar-refractivity contribution < 1.29 is 9.90 Å². The summed E-state index contributed by atoms with van der Waals surface area (Å²) in [6, 6.07) is 0. The zero-order chi connectivity index (χ0) is 8.27. The van der Waals surface area contributed by atoms with Crippen LogP contribution in [0.5, 0.6) is 0 Å². The van der Waals surface area contributed by atoms with Crippen molar-refractivity contribution in [2.24, 2.45) is 0 Å². The Morgan fingerprint density at radius 2 is 2.64 bits per heavy atom. The Morgan fingerprint density at radius 1 is 1.91 bits per heavy atom. The smallest absolute Gasteiger partial charge is 0.148 e. The van der Waals surface area contributed by atoms with Crippen molar-refractivity contribution in [3.8, 4) is 0 Å². The third-order valence-electron chi connectivity index (χ3n) is 1.21. The molecule has 1 unspecified atom stereocenters. The molecule has 3 nitrogen and oxygen atoms in total. The van der Waals surface area contributed by atoms with Crippen LogP contribution in [0.3, 0.4) is 0 Å². The number of aliphatic hydroxyl groups is 1. The normalized spacial score (nSPS) is 12.9. The summed E-state index contributed by atoms with van der Waals surface area (Å²) in [5.41, 5.74) is 0.933. The standard InChI is InChI=1S/C7H9NO2S/c1-5-4-11-7(8-5)2-6(10)3-9/h3-4,6,10H,2H2,1H3. The topological polar surface area (TPSA) is 50.2 Å². The molecule has 0 aliphatic heterocycles. The average molecular weight is 171 g/mol. The highest BCUT2D eigenvalue weighted by Gasteiger charge is 2.05. The third-order valence-corrected chi connectivity index (χ3v) is 2.20. The van der Waals surface area contributed by atoms with Crippen molar-refractivity contribution >= 4 is 17.6 Å². The first-order valence-corrected chi connectivity index (χ1v) is 4.14. The molecule has 4 heteroatoms. The summed E-state index contributed by atoms with van der Waals surface area (Å²) in [6.07, 6.45) is -0.0424. The van der Waals surface area contributed by atoms with E-state index in [4.69, 9.17) is 5.11 Å². The number of rotatable bonds is 3. The Balaban J connectivity index is 2.57. The fourth-order valence-corrected chi connectivity index (χ4v) is 1.55. The largest absolute Gasteiger partial charge is 0.385 e. The van der Waals surface area contributed by atoms with Crippen LogP contribution in [-0.2, 0) is 11.2 Å². The summed E-state index contributed by atoms with van der Waals surface area (Å²) in [5, 5.41) is 11.6. The van der Waals surface area contributed by atoms with Crippen LogP contribution in [0.1, 0.15) is 10.7 Å². The monoisotopic (exact) mass is 171 g/mol. The van der Waals surface area contributed by atoms with Crippen LogP contribution < -0.4 is 0 Å². The Morgan fingerprint density at radius 3 is 3.09 bits per heavy atom. The van der Waals surface area contributed by atoms with Crippen molar-refractivity contribution in [1.29, 1.82) is 0 Å². The first kappa shape index (κ1) is 8.36. The van der Waals surface area contributed by atoms with Crippen LogP contribution in [0.2, 0.25) is 0 Å². The molecule has 0 amide bonds. The van der Waals surface area contributed by atoms with Crippen LogP contribution in [0.25, 0.3) is 0 Å². The Bertz CT molecular complexity index is 246. The first-order valence-electron chi connectivity index (χ1n) is 3.26. The molecule has 1 N–H and O–H groups in total. The van der Waals surface area contributed by atoms with Crippen LogP contribution in [0, 0.1) is 6.92 Å². The molecular formula is C7H9NO2S. The van der Waals surface area contributed by atoms with E-state index in [1.165, 1.54) is 11.3 Å². The Hall–Kier alpha value is -0.740. The number of aryl methyl sites for hydroxylation is 1. The zero-order valence-corrected chi connectivity index (χ0v) is 6.97. The molecule has 1 atom stereocenters. The van der Waals surface area contributed by atoms with Crippen molar-refractivity contribution in [2.45, 2.75) is 19.4 Å². The molecule has 0 aliphatic rings. The van der Waals surface area contributed by atoms with E-state index in [9.17, 15) is 4.79 Å². The van der Waals surface area contributed by atoms with Gasteiger partial charge in [0.25, 0.3) is 0 Å². The van der Waals surface area contributed by atoms with Gasteiger partial charge in [-0.1, -0.05) is 0 Å². The van der Waals surface area contributed by atoms with Crippen LogP contribution in [-0.4, -0.2) is 22.5 Å². The maximum atomic E-state index is 10.0. The van der Waals surface area contributed by atoms with E-state index in [1.807, 2.05) is 12.3 Å². The van der Waals surface area contributed by atoms with Crippen LogP contribution >= 0.6 is 11.3 Å². The van der Waals surface area contributed by atoms with Gasteiger partial charge >= 0.3 is 0 Å². The molecular weight excluding hydrogens is 162 g/mol. The predicted molar refractivity (Wildman–Crippen MR) is 42.6 cm³/mol. The van der Waals surface area contributed by atoms with Crippen molar-refractivity contribution in [3.05, 3.63) is 16.1 Å². The molecule has 0 bridgehead atoms. The lowest BCUT2D eigenvalue weighted by Gasteiger charge is -1.96. The molecule has 0 spiro atoms. The number of hydrogen-bond acceptors (Lipinski definition) is 4. The van der Waals surface area contributed by atoms with Crippen molar-refractivity contribution in [3.63, 3.8) is 0 Å². The minimum atomic E-state index is -0.902. The maximum Gasteiger partial charge on any atom is 0.148 e. The third kappa shape index (κ3) is 2.40. The molecule has 0 saturated carbocycles. The Labute approximate surface area is 68.7 Å². The molecule has 0 aliphatic carbocycles. The second-order valence-corrected chi connectivity index (χ2v) is 3.23. The second kappa shape index (κ2) is 3.59. The van der Waals surface area contributed by atoms with Gasteiger partial charge in [-0.05, 0) is 6.92 Å². The summed E-state index contributed by atoms with van der Waals surface area (Å²) in [7, 11) is 0. The van der Waals surface area contributed by atoms with Gasteiger partial charge in [0.2, 0.25) is 0 Å². The molecule has 1 aromatic rings. The lowest BCUT2D eigenvalue weighted by Crippen LogP contribution is -2.11. The quantitative estimate of drug-likeness (QED) is 0.676. The van der Waals surface area contributed by atoms with Gasteiger partial charge in [0, 0.05) is 17.5 Å². The fourth-order valence-electron chi connectivity index (χ4n) is 0.723. The molecule has 0 fully saturated rings. The highest BCUT2D eigenvalue weighted by atomic mass is 32.1. The fraction of sp³-hybridized carbons (Fsp3) is 0.429. The number of hydrogen-bond donors (Lipinski definition) is 1. The van der Waals surface area contributed by atoms with E-state index in [2.05, 4.69) is 4.98 Å². The lowest BCUT2D eigenvalue weighted by atomic mass is 10.3. The SMILES string of the molecule is Cc1csc(CC(O)C=O)n1. The van der Waals surface area contributed by atoms with E-state index in [0.717, 1.165) is 10.7 Å². The molecule has 1 rings (SSSR count). The first-order chi connectivity index (χ1) is 5.22. The van der Waals surface area contributed by atoms with Crippen molar-refractivity contribution in [1.82, 2.24) is 4.98 Å². The maximum absolute atomic E-state index is 10.0. The van der Waals surface area contributed by atoms with Crippen LogP contribution in [0.4, 0.5) is 0 Å². The molecule has 0 radical (unpaired) electrons. The van der Waals surface area contributed by atoms with Gasteiger partial charge in [0.15, 0.2) is 0 Å². The molecule has 60 valence electrons. The Kier molecular flexibility index (Phi) is 2.73. The van der Waals surface area contributed by atoms with E-state index in [1.54, 1.807) is 0 Å². The van der Waals surface area contributed by atoms with Gasteiger partial charge in [-0.25, -0.2) is 4.98 Å².